The number of nitrogens with one attached hydrogen (secondary N) is 1. The van der Waals surface area contributed by atoms with Gasteiger partial charge in [0.15, 0.2) is 16.6 Å². The van der Waals surface area contributed by atoms with Crippen LogP contribution < -0.4 is 14.8 Å². The molecule has 0 radical (unpaired) electrons. The average molecular weight is 377 g/mol. The quantitative estimate of drug-likeness (QED) is 0.646. The van der Waals surface area contributed by atoms with Gasteiger partial charge in [-0.1, -0.05) is 12.8 Å². The number of nitrogens with zero attached hydrogens (tertiary/aromatic N) is 1. The van der Waals surface area contributed by atoms with Gasteiger partial charge in [0.2, 0.25) is 0 Å². The van der Waals surface area contributed by atoms with Crippen LogP contribution in [0.4, 0.5) is 0 Å². The van der Waals surface area contributed by atoms with E-state index >= 15 is 0 Å². The highest BCUT2D eigenvalue weighted by atomic mass is 32.1. The van der Waals surface area contributed by atoms with Gasteiger partial charge < -0.3 is 24.4 Å². The van der Waals surface area contributed by atoms with Crippen LogP contribution in [0.25, 0.3) is 0 Å². The summed E-state index contributed by atoms with van der Waals surface area (Å²) in [7, 11) is 1.71. The van der Waals surface area contributed by atoms with E-state index in [1.165, 1.54) is 36.8 Å². The van der Waals surface area contributed by atoms with Crippen molar-refractivity contribution < 1.29 is 14.2 Å². The lowest BCUT2D eigenvalue weighted by Crippen LogP contribution is -2.52. The highest BCUT2D eigenvalue weighted by Gasteiger charge is 2.45. The Morgan fingerprint density at radius 2 is 1.96 bits per heavy atom. The lowest BCUT2D eigenvalue weighted by molar-refractivity contribution is 0.166. The van der Waals surface area contributed by atoms with E-state index < -0.39 is 0 Å². The summed E-state index contributed by atoms with van der Waals surface area (Å²) in [5, 5.41) is 4.18. The minimum absolute atomic E-state index is 0.171. The van der Waals surface area contributed by atoms with Crippen LogP contribution in [0, 0.1) is 0 Å². The fourth-order valence-corrected chi connectivity index (χ4v) is 5.04. The summed E-state index contributed by atoms with van der Waals surface area (Å²) >= 11 is 5.74. The summed E-state index contributed by atoms with van der Waals surface area (Å²) in [6.07, 6.45) is 4.98. The third-order valence-electron chi connectivity index (χ3n) is 6.08. The predicted molar refractivity (Wildman–Crippen MR) is 105 cm³/mol. The van der Waals surface area contributed by atoms with Crippen molar-refractivity contribution in [1.29, 1.82) is 0 Å². The van der Waals surface area contributed by atoms with Gasteiger partial charge in [-0.05, 0) is 55.2 Å². The van der Waals surface area contributed by atoms with Crippen LogP contribution in [0.5, 0.6) is 11.5 Å². The monoisotopic (exact) mass is 376 g/mol. The molecule has 1 aromatic carbocycles. The first-order chi connectivity index (χ1) is 12.6. The molecule has 5 nitrogen and oxygen atoms in total. The maximum absolute atomic E-state index is 5.88. The zero-order valence-electron chi connectivity index (χ0n) is 15.7. The highest BCUT2D eigenvalue weighted by Crippen LogP contribution is 2.51. The van der Waals surface area contributed by atoms with Crippen molar-refractivity contribution in [1.82, 2.24) is 10.2 Å². The lowest BCUT2D eigenvalue weighted by Gasteiger charge is -2.47. The molecule has 1 fully saturated rings. The van der Waals surface area contributed by atoms with Crippen molar-refractivity contribution in [3.8, 4) is 11.5 Å². The van der Waals surface area contributed by atoms with Crippen molar-refractivity contribution in [3.63, 3.8) is 0 Å². The van der Waals surface area contributed by atoms with Crippen molar-refractivity contribution in [2.45, 2.75) is 44.1 Å². The van der Waals surface area contributed by atoms with E-state index in [0.29, 0.717) is 19.8 Å². The number of thiocarbonyl (C=S) groups is 1. The van der Waals surface area contributed by atoms with E-state index in [0.717, 1.165) is 29.7 Å². The Morgan fingerprint density at radius 1 is 1.27 bits per heavy atom. The molecule has 6 heteroatoms. The maximum Gasteiger partial charge on any atom is 0.169 e. The molecular formula is C20H28N2O3S. The molecule has 26 heavy (non-hydrogen) atoms. The van der Waals surface area contributed by atoms with Gasteiger partial charge in [-0.3, -0.25) is 0 Å². The van der Waals surface area contributed by atoms with Gasteiger partial charge in [0.1, 0.15) is 13.2 Å². The third kappa shape index (κ3) is 3.03. The van der Waals surface area contributed by atoms with E-state index in [4.69, 9.17) is 26.4 Å². The first-order valence-electron chi connectivity index (χ1n) is 9.62. The summed E-state index contributed by atoms with van der Waals surface area (Å²) in [6, 6.07) is 4.66. The van der Waals surface area contributed by atoms with E-state index in [9.17, 15) is 0 Å². The molecule has 1 N–H and O–H groups in total. The Hall–Kier alpha value is -1.53. The second-order valence-corrected chi connectivity index (χ2v) is 7.99. The van der Waals surface area contributed by atoms with Gasteiger partial charge in [-0.15, -0.1) is 0 Å². The molecule has 3 aliphatic rings. The van der Waals surface area contributed by atoms with E-state index in [1.54, 1.807) is 7.11 Å². The van der Waals surface area contributed by atoms with Crippen LogP contribution in [-0.2, 0) is 10.2 Å². The Kier molecular flexibility index (Phi) is 4.97. The van der Waals surface area contributed by atoms with E-state index in [-0.39, 0.29) is 11.5 Å². The van der Waals surface area contributed by atoms with Crippen LogP contribution in [0.3, 0.4) is 0 Å². The van der Waals surface area contributed by atoms with Crippen LogP contribution >= 0.6 is 12.2 Å². The molecule has 1 saturated carbocycles. The maximum atomic E-state index is 5.88. The van der Waals surface area contributed by atoms with Crippen LogP contribution in [0.15, 0.2) is 12.1 Å². The van der Waals surface area contributed by atoms with E-state index in [2.05, 4.69) is 29.3 Å². The molecule has 142 valence electrons. The zero-order valence-corrected chi connectivity index (χ0v) is 16.5. The normalized spacial score (nSPS) is 23.0. The summed E-state index contributed by atoms with van der Waals surface area (Å²) in [5.41, 5.74) is 2.95. The Bertz CT molecular complexity index is 688. The number of fused-ring (bicyclic) bond motifs is 3. The van der Waals surface area contributed by atoms with Gasteiger partial charge in [0, 0.05) is 25.6 Å². The van der Waals surface area contributed by atoms with E-state index in [1.807, 2.05) is 0 Å². The summed E-state index contributed by atoms with van der Waals surface area (Å²) < 4.78 is 16.9. The molecule has 0 amide bonds. The average Bonchev–Trinajstić information content (AvgIpc) is 3.13. The van der Waals surface area contributed by atoms with Crippen molar-refractivity contribution in [3.05, 3.63) is 23.3 Å². The fraction of sp³-hybridized carbons (Fsp3) is 0.650. The van der Waals surface area contributed by atoms with Gasteiger partial charge >= 0.3 is 0 Å². The molecule has 1 aromatic rings. The van der Waals surface area contributed by atoms with Gasteiger partial charge in [-0.2, -0.15) is 0 Å². The molecular weight excluding hydrogens is 348 g/mol. The fourth-order valence-electron chi connectivity index (χ4n) is 4.71. The largest absolute Gasteiger partial charge is 0.486 e. The van der Waals surface area contributed by atoms with Crippen molar-refractivity contribution in [2.75, 3.05) is 40.0 Å². The van der Waals surface area contributed by atoms with Crippen molar-refractivity contribution in [2.24, 2.45) is 0 Å². The summed E-state index contributed by atoms with van der Waals surface area (Å²) in [5.74, 6) is 1.78. The molecule has 2 aliphatic heterocycles. The summed E-state index contributed by atoms with van der Waals surface area (Å²) in [6.45, 7) is 5.85. The number of hydrogen-bond acceptors (Lipinski definition) is 4. The summed E-state index contributed by atoms with van der Waals surface area (Å²) in [4.78, 5) is 2.36. The Balaban J connectivity index is 1.69. The minimum atomic E-state index is 0.171. The molecule has 4 rings (SSSR count). The minimum Gasteiger partial charge on any atom is -0.486 e. The number of ether oxygens (including phenoxy) is 3. The third-order valence-corrected chi connectivity index (χ3v) is 6.46. The van der Waals surface area contributed by atoms with Crippen molar-refractivity contribution >= 4 is 17.3 Å². The molecule has 0 bridgehead atoms. The smallest absolute Gasteiger partial charge is 0.169 e. The molecule has 1 aliphatic carbocycles. The Morgan fingerprint density at radius 3 is 2.65 bits per heavy atom. The standard InChI is InChI=1S/C20H28N2O3S/c1-14-15-11-17-18(25-10-9-24-17)12-16(15)20(5-3-4-6-20)13-22(14)19(26)21-7-8-23-2/h11-12,14H,3-10,13H2,1-2H3,(H,21,26)/t14-/m1/s1. The van der Waals surface area contributed by atoms with Crippen LogP contribution in [-0.4, -0.2) is 50.0 Å². The second-order valence-electron chi connectivity index (χ2n) is 7.60. The second kappa shape index (κ2) is 7.24. The predicted octanol–water partition coefficient (Wildman–Crippen LogP) is 3.17. The number of benzene rings is 1. The molecule has 0 saturated heterocycles. The number of methoxy groups -OCH3 is 1. The number of hydrogen-bond donors (Lipinski definition) is 1. The van der Waals surface area contributed by atoms with Gasteiger partial charge in [0.25, 0.3) is 0 Å². The molecule has 2 heterocycles. The molecule has 0 unspecified atom stereocenters. The molecule has 1 atom stereocenters. The SMILES string of the molecule is COCCNC(=S)N1CC2(CCCC2)c2cc3c(cc2[C@H]1C)OCCO3. The molecule has 0 aromatic heterocycles. The topological polar surface area (TPSA) is 43.0 Å². The zero-order chi connectivity index (χ0) is 18.1. The van der Waals surface area contributed by atoms with Crippen LogP contribution in [0.2, 0.25) is 0 Å². The highest BCUT2D eigenvalue weighted by molar-refractivity contribution is 7.80. The number of rotatable bonds is 3. The van der Waals surface area contributed by atoms with Gasteiger partial charge in [-0.25, -0.2) is 0 Å². The first kappa shape index (κ1) is 17.9. The lowest BCUT2D eigenvalue weighted by atomic mass is 9.71. The first-order valence-corrected chi connectivity index (χ1v) is 10.0. The Labute approximate surface area is 161 Å². The molecule has 1 spiro atoms. The van der Waals surface area contributed by atoms with Crippen LogP contribution in [0.1, 0.15) is 49.8 Å². The van der Waals surface area contributed by atoms with Gasteiger partial charge in [0.05, 0.1) is 12.6 Å².